The van der Waals surface area contributed by atoms with Gasteiger partial charge in [0.2, 0.25) is 5.95 Å². The molecule has 1 aromatic heterocycles. The van der Waals surface area contributed by atoms with Gasteiger partial charge in [-0.2, -0.15) is 0 Å². The predicted molar refractivity (Wildman–Crippen MR) is 79.3 cm³/mol. The molecule has 7 nitrogen and oxygen atoms in total. The lowest BCUT2D eigenvalue weighted by Crippen LogP contribution is -2.27. The van der Waals surface area contributed by atoms with Gasteiger partial charge in [-0.3, -0.25) is 10.1 Å². The standard InChI is InChI=1S/C14H18N4O3/c1-8(2)7-15-12(19)9-5-4-6-10-11(9)17-13(16-10)18-14(20)21-3/h4-6,8H,7H2,1-3H3,(H,15,19)(H2,16,17,18,20). The van der Waals surface area contributed by atoms with Crippen molar-refractivity contribution in [3.63, 3.8) is 0 Å². The van der Waals surface area contributed by atoms with E-state index in [1.165, 1.54) is 7.11 Å². The number of aromatic amines is 1. The van der Waals surface area contributed by atoms with Crippen LogP contribution in [0.1, 0.15) is 24.2 Å². The topological polar surface area (TPSA) is 96.1 Å². The minimum absolute atomic E-state index is 0.189. The molecule has 2 aromatic rings. The number of methoxy groups -OCH3 is 1. The van der Waals surface area contributed by atoms with Crippen molar-refractivity contribution in [2.45, 2.75) is 13.8 Å². The number of para-hydroxylation sites is 1. The molecule has 0 aliphatic carbocycles. The maximum Gasteiger partial charge on any atom is 0.413 e. The number of rotatable bonds is 4. The lowest BCUT2D eigenvalue weighted by atomic mass is 10.1. The first-order valence-corrected chi connectivity index (χ1v) is 6.63. The van der Waals surface area contributed by atoms with Crippen LogP contribution in [0.2, 0.25) is 0 Å². The first-order chi connectivity index (χ1) is 10.0. The number of amides is 2. The van der Waals surface area contributed by atoms with Gasteiger partial charge in [-0.25, -0.2) is 9.78 Å². The van der Waals surface area contributed by atoms with Crippen LogP contribution in [0, 0.1) is 5.92 Å². The van der Waals surface area contributed by atoms with E-state index in [0.717, 1.165) is 0 Å². The van der Waals surface area contributed by atoms with E-state index in [2.05, 4.69) is 25.3 Å². The first kappa shape index (κ1) is 14.8. The number of anilines is 1. The number of carbonyl (C=O) groups excluding carboxylic acids is 2. The molecule has 0 radical (unpaired) electrons. The highest BCUT2D eigenvalue weighted by molar-refractivity contribution is 6.05. The smallest absolute Gasteiger partial charge is 0.413 e. The summed E-state index contributed by atoms with van der Waals surface area (Å²) in [5.74, 6) is 0.412. The molecule has 0 aliphatic heterocycles. The third kappa shape index (κ3) is 3.50. The Kier molecular flexibility index (Phi) is 4.42. The Morgan fingerprint density at radius 2 is 2.14 bits per heavy atom. The van der Waals surface area contributed by atoms with E-state index in [0.29, 0.717) is 29.1 Å². The van der Waals surface area contributed by atoms with Crippen LogP contribution in [-0.4, -0.2) is 35.6 Å². The van der Waals surface area contributed by atoms with Crippen LogP contribution in [0.4, 0.5) is 10.7 Å². The fourth-order valence-electron chi connectivity index (χ4n) is 1.81. The summed E-state index contributed by atoms with van der Waals surface area (Å²) in [4.78, 5) is 30.5. The van der Waals surface area contributed by atoms with Gasteiger partial charge in [0, 0.05) is 6.54 Å². The summed E-state index contributed by atoms with van der Waals surface area (Å²) in [5, 5.41) is 5.28. The van der Waals surface area contributed by atoms with Crippen molar-refractivity contribution in [3.05, 3.63) is 23.8 Å². The molecule has 0 atom stereocenters. The van der Waals surface area contributed by atoms with Gasteiger partial charge in [-0.15, -0.1) is 0 Å². The molecule has 0 unspecified atom stereocenters. The summed E-state index contributed by atoms with van der Waals surface area (Å²) in [6, 6.07) is 5.23. The number of imidazole rings is 1. The highest BCUT2D eigenvalue weighted by atomic mass is 16.5. The molecule has 2 rings (SSSR count). The molecule has 3 N–H and O–H groups in total. The lowest BCUT2D eigenvalue weighted by molar-refractivity contribution is 0.0950. The van der Waals surface area contributed by atoms with E-state index >= 15 is 0 Å². The van der Waals surface area contributed by atoms with Crippen molar-refractivity contribution >= 4 is 29.0 Å². The van der Waals surface area contributed by atoms with Gasteiger partial charge in [0.15, 0.2) is 0 Å². The number of nitrogens with zero attached hydrogens (tertiary/aromatic N) is 1. The zero-order chi connectivity index (χ0) is 15.4. The molecule has 1 heterocycles. The van der Waals surface area contributed by atoms with Crippen LogP contribution in [-0.2, 0) is 4.74 Å². The summed E-state index contributed by atoms with van der Waals surface area (Å²) >= 11 is 0. The number of hydrogen-bond acceptors (Lipinski definition) is 4. The Hall–Kier alpha value is -2.57. The second-order valence-corrected chi connectivity index (χ2v) is 5.01. The summed E-state index contributed by atoms with van der Waals surface area (Å²) in [6.07, 6.45) is -0.625. The second kappa shape index (κ2) is 6.25. The molecule has 7 heteroatoms. The number of H-pyrrole nitrogens is 1. The van der Waals surface area contributed by atoms with Crippen molar-refractivity contribution in [3.8, 4) is 0 Å². The summed E-state index contributed by atoms with van der Waals surface area (Å²) in [5.41, 5.74) is 1.63. The minimum Gasteiger partial charge on any atom is -0.453 e. The molecule has 0 saturated carbocycles. The van der Waals surface area contributed by atoms with Crippen molar-refractivity contribution in [1.82, 2.24) is 15.3 Å². The molecule has 0 bridgehead atoms. The number of nitrogens with one attached hydrogen (secondary N) is 3. The van der Waals surface area contributed by atoms with Crippen LogP contribution in [0.3, 0.4) is 0 Å². The SMILES string of the molecule is COC(=O)Nc1nc2c(C(=O)NCC(C)C)cccc2[nH]1. The van der Waals surface area contributed by atoms with Gasteiger partial charge >= 0.3 is 6.09 Å². The highest BCUT2D eigenvalue weighted by Gasteiger charge is 2.14. The van der Waals surface area contributed by atoms with Crippen LogP contribution in [0.5, 0.6) is 0 Å². The van der Waals surface area contributed by atoms with E-state index in [-0.39, 0.29) is 11.9 Å². The summed E-state index contributed by atoms with van der Waals surface area (Å²) in [6.45, 7) is 4.63. The molecule has 0 aliphatic rings. The number of hydrogen-bond donors (Lipinski definition) is 3. The number of ether oxygens (including phenoxy) is 1. The third-order valence-corrected chi connectivity index (χ3v) is 2.83. The molecular weight excluding hydrogens is 272 g/mol. The van der Waals surface area contributed by atoms with Crippen LogP contribution in [0.15, 0.2) is 18.2 Å². The van der Waals surface area contributed by atoms with Crippen molar-refractivity contribution < 1.29 is 14.3 Å². The maximum atomic E-state index is 12.2. The maximum absolute atomic E-state index is 12.2. The molecule has 21 heavy (non-hydrogen) atoms. The lowest BCUT2D eigenvalue weighted by Gasteiger charge is -2.07. The van der Waals surface area contributed by atoms with Gasteiger partial charge in [0.25, 0.3) is 5.91 Å². The average molecular weight is 290 g/mol. The van der Waals surface area contributed by atoms with Crippen molar-refractivity contribution in [2.75, 3.05) is 19.0 Å². The summed E-state index contributed by atoms with van der Waals surface area (Å²) < 4.78 is 4.50. The first-order valence-electron chi connectivity index (χ1n) is 6.63. The van der Waals surface area contributed by atoms with Crippen molar-refractivity contribution in [2.24, 2.45) is 5.92 Å². The Morgan fingerprint density at radius 1 is 1.38 bits per heavy atom. The van der Waals surface area contributed by atoms with Crippen LogP contribution in [0.25, 0.3) is 11.0 Å². The normalized spacial score (nSPS) is 10.7. The zero-order valence-corrected chi connectivity index (χ0v) is 12.2. The Balaban J connectivity index is 2.28. The van der Waals surface area contributed by atoms with Gasteiger partial charge in [-0.1, -0.05) is 19.9 Å². The zero-order valence-electron chi connectivity index (χ0n) is 12.2. The third-order valence-electron chi connectivity index (χ3n) is 2.83. The van der Waals surface area contributed by atoms with Crippen LogP contribution < -0.4 is 10.6 Å². The molecule has 2 amide bonds. The molecule has 0 spiro atoms. The van der Waals surface area contributed by atoms with E-state index in [9.17, 15) is 9.59 Å². The van der Waals surface area contributed by atoms with E-state index in [1.54, 1.807) is 18.2 Å². The van der Waals surface area contributed by atoms with Crippen molar-refractivity contribution in [1.29, 1.82) is 0 Å². The average Bonchev–Trinajstić information content (AvgIpc) is 2.86. The molecule has 0 fully saturated rings. The second-order valence-electron chi connectivity index (χ2n) is 5.01. The van der Waals surface area contributed by atoms with Gasteiger partial charge in [0.1, 0.15) is 5.52 Å². The fourth-order valence-corrected chi connectivity index (χ4v) is 1.81. The largest absolute Gasteiger partial charge is 0.453 e. The fraction of sp³-hybridized carbons (Fsp3) is 0.357. The van der Waals surface area contributed by atoms with Crippen LogP contribution >= 0.6 is 0 Å². The number of aromatic nitrogens is 2. The number of benzene rings is 1. The van der Waals surface area contributed by atoms with E-state index in [1.807, 2.05) is 13.8 Å². The van der Waals surface area contributed by atoms with Gasteiger partial charge in [0.05, 0.1) is 18.2 Å². The van der Waals surface area contributed by atoms with Gasteiger partial charge < -0.3 is 15.0 Å². The molecule has 0 saturated heterocycles. The minimum atomic E-state index is -0.625. The van der Waals surface area contributed by atoms with E-state index in [4.69, 9.17) is 0 Å². The Bertz CT molecular complexity index is 663. The molecule has 1 aromatic carbocycles. The molecule has 112 valence electrons. The highest BCUT2D eigenvalue weighted by Crippen LogP contribution is 2.18. The Morgan fingerprint density at radius 3 is 2.81 bits per heavy atom. The Labute approximate surface area is 122 Å². The quantitative estimate of drug-likeness (QED) is 0.803. The number of carbonyl (C=O) groups is 2. The predicted octanol–water partition coefficient (Wildman–Crippen LogP) is 2.13. The monoisotopic (exact) mass is 290 g/mol. The van der Waals surface area contributed by atoms with E-state index < -0.39 is 6.09 Å². The number of fused-ring (bicyclic) bond motifs is 1. The van der Waals surface area contributed by atoms with Gasteiger partial charge in [-0.05, 0) is 18.1 Å². The summed E-state index contributed by atoms with van der Waals surface area (Å²) in [7, 11) is 1.27. The molecular formula is C14H18N4O3.